The number of nitrogens with zero attached hydrogens (tertiary/aromatic N) is 3. The second kappa shape index (κ2) is 12.1. The van der Waals surface area contributed by atoms with E-state index < -0.39 is 0 Å². The number of halogens is 2. The molecule has 0 saturated heterocycles. The number of ether oxygens (including phenoxy) is 1. The van der Waals surface area contributed by atoms with Gasteiger partial charge < -0.3 is 30.0 Å². The van der Waals surface area contributed by atoms with Gasteiger partial charge in [0.15, 0.2) is 24.8 Å². The molecule has 2 aromatic heterocycles. The van der Waals surface area contributed by atoms with Crippen LogP contribution >= 0.6 is 11.8 Å². The number of rotatable bonds is 7. The zero-order chi connectivity index (χ0) is 15.8. The van der Waals surface area contributed by atoms with Crippen molar-refractivity contribution in [2.24, 2.45) is 5.16 Å². The maximum Gasteiger partial charge on any atom is 0.257 e. The molecule has 0 aliphatic rings. The number of aromatic nitrogens is 2. The van der Waals surface area contributed by atoms with Gasteiger partial charge in [-0.3, -0.25) is 4.74 Å². The SMILES string of the molecule is CC(C)Sc1cc[n+](COC[n+]2ccc(/C=N/O)cc2)cc1.[Cl-].[Cl-]. The molecule has 0 radical (unpaired) electrons. The van der Waals surface area contributed by atoms with Crippen molar-refractivity contribution in [1.29, 1.82) is 0 Å². The molecular formula is C16H21Cl2N3O2S. The Kier molecular flexibility index (Phi) is 11.4. The van der Waals surface area contributed by atoms with Gasteiger partial charge in [0.25, 0.3) is 13.5 Å². The second-order valence-corrected chi connectivity index (χ2v) is 6.72. The summed E-state index contributed by atoms with van der Waals surface area (Å²) in [7, 11) is 0. The van der Waals surface area contributed by atoms with Crippen LogP contribution in [0.25, 0.3) is 0 Å². The number of pyridine rings is 2. The zero-order valence-corrected chi connectivity index (χ0v) is 15.9. The maximum atomic E-state index is 8.46. The highest BCUT2D eigenvalue weighted by molar-refractivity contribution is 7.99. The monoisotopic (exact) mass is 389 g/mol. The molecule has 2 rings (SSSR count). The Balaban J connectivity index is 0.00000264. The predicted molar refractivity (Wildman–Crippen MR) is 84.7 cm³/mol. The van der Waals surface area contributed by atoms with Gasteiger partial charge in [-0.25, -0.2) is 0 Å². The van der Waals surface area contributed by atoms with Gasteiger partial charge in [-0.1, -0.05) is 19.0 Å². The van der Waals surface area contributed by atoms with Gasteiger partial charge >= 0.3 is 0 Å². The second-order valence-electron chi connectivity index (χ2n) is 5.07. The number of hydrogen-bond acceptors (Lipinski definition) is 4. The minimum atomic E-state index is 0. The molecule has 0 saturated carbocycles. The van der Waals surface area contributed by atoms with Crippen LogP contribution in [0.5, 0.6) is 0 Å². The summed E-state index contributed by atoms with van der Waals surface area (Å²) in [5, 5.41) is 12.0. The molecule has 2 aromatic rings. The van der Waals surface area contributed by atoms with E-state index in [1.807, 2.05) is 57.8 Å². The molecule has 2 heterocycles. The summed E-state index contributed by atoms with van der Waals surface area (Å²) in [4.78, 5) is 1.27. The fourth-order valence-electron chi connectivity index (χ4n) is 1.84. The van der Waals surface area contributed by atoms with E-state index in [-0.39, 0.29) is 24.8 Å². The highest BCUT2D eigenvalue weighted by atomic mass is 35.5. The first-order valence-electron chi connectivity index (χ1n) is 7.07. The van der Waals surface area contributed by atoms with Gasteiger partial charge in [0.2, 0.25) is 0 Å². The van der Waals surface area contributed by atoms with Gasteiger partial charge in [0.05, 0.1) is 6.21 Å². The maximum absolute atomic E-state index is 8.46. The van der Waals surface area contributed by atoms with Crippen molar-refractivity contribution < 1.29 is 43.9 Å². The third-order valence-corrected chi connectivity index (χ3v) is 3.85. The van der Waals surface area contributed by atoms with Crippen molar-refractivity contribution in [3.8, 4) is 0 Å². The van der Waals surface area contributed by atoms with E-state index in [2.05, 4.69) is 31.1 Å². The third-order valence-electron chi connectivity index (χ3n) is 2.84. The smallest absolute Gasteiger partial charge is 0.257 e. The molecular weight excluding hydrogens is 369 g/mol. The Morgan fingerprint density at radius 3 is 2.00 bits per heavy atom. The molecule has 0 fully saturated rings. The average molecular weight is 390 g/mol. The van der Waals surface area contributed by atoms with Crippen molar-refractivity contribution in [2.75, 3.05) is 0 Å². The lowest BCUT2D eigenvalue weighted by molar-refractivity contribution is -0.788. The molecule has 8 heteroatoms. The van der Waals surface area contributed by atoms with Crippen molar-refractivity contribution >= 4 is 18.0 Å². The predicted octanol–water partition coefficient (Wildman–Crippen LogP) is -3.79. The Morgan fingerprint density at radius 1 is 1.04 bits per heavy atom. The molecule has 0 spiro atoms. The molecule has 5 nitrogen and oxygen atoms in total. The molecule has 24 heavy (non-hydrogen) atoms. The van der Waals surface area contributed by atoms with Crippen LogP contribution in [0, 0.1) is 0 Å². The summed E-state index contributed by atoms with van der Waals surface area (Å²) in [6.45, 7) is 5.33. The summed E-state index contributed by atoms with van der Waals surface area (Å²) in [6.07, 6.45) is 9.19. The normalized spacial score (nSPS) is 10.5. The Bertz CT molecular complexity index is 608. The third kappa shape index (κ3) is 7.97. The molecule has 0 amide bonds. The molecule has 0 unspecified atom stereocenters. The van der Waals surface area contributed by atoms with Crippen molar-refractivity contribution in [3.63, 3.8) is 0 Å². The highest BCUT2D eigenvalue weighted by Crippen LogP contribution is 2.20. The Morgan fingerprint density at radius 2 is 1.54 bits per heavy atom. The number of hydrogen-bond donors (Lipinski definition) is 1. The largest absolute Gasteiger partial charge is 1.00 e. The first kappa shape index (κ1) is 22.7. The lowest BCUT2D eigenvalue weighted by atomic mass is 10.3. The summed E-state index contributed by atoms with van der Waals surface area (Å²) in [6, 6.07) is 7.91. The summed E-state index contributed by atoms with van der Waals surface area (Å²) >= 11 is 1.85. The lowest BCUT2D eigenvalue weighted by Gasteiger charge is -2.03. The van der Waals surface area contributed by atoms with Gasteiger partial charge in [-0.15, -0.1) is 11.8 Å². The van der Waals surface area contributed by atoms with Crippen molar-refractivity contribution in [2.45, 2.75) is 37.5 Å². The van der Waals surface area contributed by atoms with Crippen LogP contribution < -0.4 is 33.9 Å². The fraction of sp³-hybridized carbons (Fsp3) is 0.312. The van der Waals surface area contributed by atoms with Crippen LogP contribution in [-0.2, 0) is 18.2 Å². The molecule has 132 valence electrons. The van der Waals surface area contributed by atoms with E-state index in [4.69, 9.17) is 9.94 Å². The van der Waals surface area contributed by atoms with Crippen molar-refractivity contribution in [3.05, 3.63) is 54.6 Å². The van der Waals surface area contributed by atoms with Crippen LogP contribution in [0.4, 0.5) is 0 Å². The van der Waals surface area contributed by atoms with Crippen LogP contribution in [0.15, 0.2) is 59.1 Å². The lowest BCUT2D eigenvalue weighted by Crippen LogP contribution is -3.00. The van der Waals surface area contributed by atoms with Crippen LogP contribution in [-0.4, -0.2) is 16.7 Å². The average Bonchev–Trinajstić information content (AvgIpc) is 2.50. The molecule has 0 aliphatic heterocycles. The Labute approximate surface area is 159 Å². The summed E-state index contributed by atoms with van der Waals surface area (Å²) in [5.74, 6) is 0. The Hall–Kier alpha value is -1.34. The van der Waals surface area contributed by atoms with E-state index in [1.54, 1.807) is 0 Å². The van der Waals surface area contributed by atoms with E-state index in [0.717, 1.165) is 5.56 Å². The zero-order valence-electron chi connectivity index (χ0n) is 13.5. The van der Waals surface area contributed by atoms with Gasteiger partial charge in [0.1, 0.15) is 0 Å². The van der Waals surface area contributed by atoms with Crippen LogP contribution in [0.2, 0.25) is 0 Å². The highest BCUT2D eigenvalue weighted by Gasteiger charge is 2.05. The standard InChI is InChI=1S/C16H20N3O2S.2ClH/c1-14(2)22-16-5-9-19(10-6-16)13-21-12-18-7-3-15(4-8-18)11-17-20;;/h3-11,14H,12-13H2,1-2H3;2*1H/q+1;;/p-1. The first-order chi connectivity index (χ1) is 10.7. The van der Waals surface area contributed by atoms with Gasteiger partial charge in [-0.2, -0.15) is 9.13 Å². The van der Waals surface area contributed by atoms with Crippen LogP contribution in [0.3, 0.4) is 0 Å². The molecule has 0 aliphatic carbocycles. The molecule has 0 bridgehead atoms. The number of thioether (sulfide) groups is 1. The molecule has 0 aromatic carbocycles. The van der Waals surface area contributed by atoms with E-state index >= 15 is 0 Å². The summed E-state index contributed by atoms with van der Waals surface area (Å²) in [5.41, 5.74) is 0.839. The van der Waals surface area contributed by atoms with Gasteiger partial charge in [-0.05, 0) is 0 Å². The summed E-state index contributed by atoms with van der Waals surface area (Å²) < 4.78 is 9.58. The topological polar surface area (TPSA) is 49.6 Å². The fourth-order valence-corrected chi connectivity index (χ4v) is 2.66. The quantitative estimate of drug-likeness (QED) is 0.174. The number of oxime groups is 1. The van der Waals surface area contributed by atoms with E-state index in [0.29, 0.717) is 18.7 Å². The van der Waals surface area contributed by atoms with Crippen molar-refractivity contribution in [1.82, 2.24) is 0 Å². The van der Waals surface area contributed by atoms with E-state index in [9.17, 15) is 0 Å². The minimum Gasteiger partial charge on any atom is -1.00 e. The minimum absolute atomic E-state index is 0. The molecule has 1 N–H and O–H groups in total. The van der Waals surface area contributed by atoms with Crippen LogP contribution in [0.1, 0.15) is 19.4 Å². The van der Waals surface area contributed by atoms with Gasteiger partial charge in [0, 0.05) is 40.0 Å². The first-order valence-corrected chi connectivity index (χ1v) is 7.95. The van der Waals surface area contributed by atoms with E-state index in [1.165, 1.54) is 11.1 Å². The molecule has 0 atom stereocenters.